The Kier molecular flexibility index (Phi) is 6.39. The molecule has 10 heteroatoms. The van der Waals surface area contributed by atoms with E-state index in [1.54, 1.807) is 0 Å². The predicted octanol–water partition coefficient (Wildman–Crippen LogP) is 4.10. The number of amides is 1. The van der Waals surface area contributed by atoms with Crippen LogP contribution < -0.4 is 5.32 Å². The van der Waals surface area contributed by atoms with Crippen LogP contribution in [0.25, 0.3) is 0 Å². The Morgan fingerprint density at radius 1 is 1.13 bits per heavy atom. The highest BCUT2D eigenvalue weighted by Crippen LogP contribution is 2.39. The molecule has 1 aromatic heterocycles. The van der Waals surface area contributed by atoms with Gasteiger partial charge in [0, 0.05) is 18.0 Å². The first-order valence-electron chi connectivity index (χ1n) is 10.2. The second-order valence-corrected chi connectivity index (χ2v) is 11.1. The number of thiophene rings is 1. The summed E-state index contributed by atoms with van der Waals surface area (Å²) in [5, 5.41) is 3.32. The van der Waals surface area contributed by atoms with Crippen molar-refractivity contribution in [3.8, 4) is 0 Å². The van der Waals surface area contributed by atoms with Gasteiger partial charge in [-0.15, -0.1) is 11.3 Å². The van der Waals surface area contributed by atoms with Gasteiger partial charge in [-0.05, 0) is 62.3 Å². The van der Waals surface area contributed by atoms with Crippen molar-refractivity contribution in [1.82, 2.24) is 4.31 Å². The van der Waals surface area contributed by atoms with Gasteiger partial charge in [0.2, 0.25) is 10.0 Å². The first-order valence-corrected chi connectivity index (χ1v) is 12.8. The van der Waals surface area contributed by atoms with E-state index >= 15 is 0 Å². The molecule has 166 valence electrons. The highest BCUT2D eigenvalue weighted by atomic mass is 35.5. The molecule has 7 nitrogen and oxygen atoms in total. The summed E-state index contributed by atoms with van der Waals surface area (Å²) >= 11 is 7.60. The topological polar surface area (TPSA) is 92.8 Å². The summed E-state index contributed by atoms with van der Waals surface area (Å²) in [6.45, 7) is 0.936. The maximum atomic E-state index is 13.1. The van der Waals surface area contributed by atoms with E-state index in [4.69, 9.17) is 16.3 Å². The van der Waals surface area contributed by atoms with Crippen LogP contribution in [0.1, 0.15) is 56.8 Å². The van der Waals surface area contributed by atoms with Gasteiger partial charge in [-0.3, -0.25) is 4.79 Å². The number of fused-ring (bicyclic) bond motifs is 1. The van der Waals surface area contributed by atoms with E-state index < -0.39 is 21.9 Å². The average molecular weight is 483 g/mol. The number of halogens is 1. The third-order valence-electron chi connectivity index (χ3n) is 5.67. The lowest BCUT2D eigenvalue weighted by Crippen LogP contribution is -2.28. The number of nitrogens with one attached hydrogen (secondary N) is 1. The summed E-state index contributed by atoms with van der Waals surface area (Å²) in [7, 11) is -2.38. The normalized spacial score (nSPS) is 16.7. The van der Waals surface area contributed by atoms with E-state index in [-0.39, 0.29) is 15.5 Å². The molecule has 1 N–H and O–H groups in total. The molecule has 31 heavy (non-hydrogen) atoms. The number of hydrogen-bond acceptors (Lipinski definition) is 6. The smallest absolute Gasteiger partial charge is 0.341 e. The summed E-state index contributed by atoms with van der Waals surface area (Å²) in [6, 6.07) is 4.13. The Labute approximate surface area is 190 Å². The number of hydrogen-bond donors (Lipinski definition) is 1. The SMILES string of the molecule is COC(=O)c1c(NC(=O)c2cc(S(=O)(=O)N3CCCC3)ccc2Cl)sc2c1CCCC2. The lowest BCUT2D eigenvalue weighted by molar-refractivity contribution is 0.0601. The predicted molar refractivity (Wildman–Crippen MR) is 120 cm³/mol. The number of esters is 1. The van der Waals surface area contributed by atoms with Crippen molar-refractivity contribution in [2.24, 2.45) is 0 Å². The third kappa shape index (κ3) is 4.24. The highest BCUT2D eigenvalue weighted by molar-refractivity contribution is 7.89. The van der Waals surface area contributed by atoms with Crippen LogP contribution in [0.2, 0.25) is 5.02 Å². The zero-order valence-electron chi connectivity index (χ0n) is 17.1. The van der Waals surface area contributed by atoms with Gasteiger partial charge in [-0.2, -0.15) is 4.31 Å². The van der Waals surface area contributed by atoms with Gasteiger partial charge in [-0.1, -0.05) is 11.6 Å². The molecule has 1 aromatic carbocycles. The molecule has 0 radical (unpaired) electrons. The third-order valence-corrected chi connectivity index (χ3v) is 9.10. The lowest BCUT2D eigenvalue weighted by Gasteiger charge is -2.16. The van der Waals surface area contributed by atoms with Gasteiger partial charge < -0.3 is 10.1 Å². The Morgan fingerprint density at radius 3 is 2.55 bits per heavy atom. The van der Waals surface area contributed by atoms with E-state index in [0.717, 1.165) is 49.0 Å². The Morgan fingerprint density at radius 2 is 1.84 bits per heavy atom. The largest absolute Gasteiger partial charge is 0.465 e. The van der Waals surface area contributed by atoms with Crippen LogP contribution in [0, 0.1) is 0 Å². The number of carbonyl (C=O) groups is 2. The molecule has 2 aliphatic rings. The molecule has 1 fully saturated rings. The summed E-state index contributed by atoms with van der Waals surface area (Å²) < 4.78 is 32.1. The van der Waals surface area contributed by atoms with Crippen molar-refractivity contribution in [3.63, 3.8) is 0 Å². The van der Waals surface area contributed by atoms with Gasteiger partial charge in [0.15, 0.2) is 0 Å². The first-order chi connectivity index (χ1) is 14.8. The number of methoxy groups -OCH3 is 1. The maximum absolute atomic E-state index is 13.1. The minimum absolute atomic E-state index is 0.0302. The number of ether oxygens (including phenoxy) is 1. The summed E-state index contributed by atoms with van der Waals surface area (Å²) in [4.78, 5) is 26.6. The van der Waals surface area contributed by atoms with E-state index in [1.165, 1.54) is 41.0 Å². The van der Waals surface area contributed by atoms with E-state index in [9.17, 15) is 18.0 Å². The molecule has 1 aliphatic carbocycles. The van der Waals surface area contributed by atoms with Crippen LogP contribution >= 0.6 is 22.9 Å². The molecule has 1 saturated heterocycles. The number of nitrogens with zero attached hydrogens (tertiary/aromatic N) is 1. The van der Waals surface area contributed by atoms with Crippen molar-refractivity contribution in [1.29, 1.82) is 0 Å². The fraction of sp³-hybridized carbons (Fsp3) is 0.429. The Balaban J connectivity index is 1.67. The zero-order chi connectivity index (χ0) is 22.2. The van der Waals surface area contributed by atoms with Crippen molar-refractivity contribution < 1.29 is 22.7 Å². The minimum atomic E-state index is -3.69. The molecule has 0 saturated carbocycles. The molecule has 2 heterocycles. The van der Waals surface area contributed by atoms with Crippen LogP contribution in [0.4, 0.5) is 5.00 Å². The molecule has 1 amide bonds. The molecular weight excluding hydrogens is 460 g/mol. The summed E-state index contributed by atoms with van der Waals surface area (Å²) in [5.41, 5.74) is 1.35. The highest BCUT2D eigenvalue weighted by Gasteiger charge is 2.30. The number of carbonyl (C=O) groups excluding carboxylic acids is 2. The monoisotopic (exact) mass is 482 g/mol. The molecule has 2 aromatic rings. The number of anilines is 1. The van der Waals surface area contributed by atoms with E-state index in [0.29, 0.717) is 23.7 Å². The fourth-order valence-corrected chi connectivity index (χ4v) is 7.08. The van der Waals surface area contributed by atoms with Crippen LogP contribution in [0.5, 0.6) is 0 Å². The van der Waals surface area contributed by atoms with Crippen LogP contribution in [-0.4, -0.2) is 44.8 Å². The lowest BCUT2D eigenvalue weighted by atomic mass is 9.95. The average Bonchev–Trinajstić information content (AvgIpc) is 3.41. The summed E-state index contributed by atoms with van der Waals surface area (Å²) in [6.07, 6.45) is 5.26. The molecule has 0 bridgehead atoms. The van der Waals surface area contributed by atoms with E-state index in [2.05, 4.69) is 5.32 Å². The molecule has 0 atom stereocenters. The number of aryl methyl sites for hydroxylation is 1. The van der Waals surface area contributed by atoms with Gasteiger partial charge in [0.1, 0.15) is 5.00 Å². The van der Waals surface area contributed by atoms with Gasteiger partial charge in [0.25, 0.3) is 5.91 Å². The second kappa shape index (κ2) is 8.90. The standard InChI is InChI=1S/C21H23ClN2O5S2/c1-29-21(26)18-14-6-2-3-7-17(14)30-20(18)23-19(25)15-12-13(8-9-16(15)22)31(27,28)24-10-4-5-11-24/h8-9,12H,2-7,10-11H2,1H3,(H,23,25). The minimum Gasteiger partial charge on any atom is -0.465 e. The van der Waals surface area contributed by atoms with Crippen LogP contribution in [-0.2, 0) is 27.6 Å². The van der Waals surface area contributed by atoms with Crippen LogP contribution in [0.3, 0.4) is 0 Å². The van der Waals surface area contributed by atoms with Crippen LogP contribution in [0.15, 0.2) is 23.1 Å². The molecule has 1 aliphatic heterocycles. The zero-order valence-corrected chi connectivity index (χ0v) is 19.5. The van der Waals surface area contributed by atoms with Gasteiger partial charge in [0.05, 0.1) is 28.2 Å². The second-order valence-electron chi connectivity index (χ2n) is 7.61. The van der Waals surface area contributed by atoms with Crippen molar-refractivity contribution in [2.75, 3.05) is 25.5 Å². The Hall–Kier alpha value is -1.94. The first kappa shape index (κ1) is 22.3. The molecule has 0 spiro atoms. The van der Waals surface area contributed by atoms with Crippen molar-refractivity contribution in [3.05, 3.63) is 44.8 Å². The van der Waals surface area contributed by atoms with Gasteiger partial charge in [-0.25, -0.2) is 13.2 Å². The quantitative estimate of drug-likeness (QED) is 0.647. The van der Waals surface area contributed by atoms with Gasteiger partial charge >= 0.3 is 5.97 Å². The van der Waals surface area contributed by atoms with E-state index in [1.807, 2.05) is 0 Å². The molecule has 0 unspecified atom stereocenters. The number of rotatable bonds is 5. The number of sulfonamides is 1. The fourth-order valence-electron chi connectivity index (χ4n) is 4.06. The number of benzene rings is 1. The Bertz CT molecular complexity index is 1140. The maximum Gasteiger partial charge on any atom is 0.341 e. The molecular formula is C21H23ClN2O5S2. The van der Waals surface area contributed by atoms with Crippen molar-refractivity contribution in [2.45, 2.75) is 43.4 Å². The molecule has 4 rings (SSSR count). The van der Waals surface area contributed by atoms with Crippen molar-refractivity contribution >= 4 is 49.8 Å². The summed E-state index contributed by atoms with van der Waals surface area (Å²) in [5.74, 6) is -1.06.